The molecule has 1 aromatic carbocycles. The summed E-state index contributed by atoms with van der Waals surface area (Å²) in [5, 5.41) is 8.16. The molecule has 1 N–H and O–H groups in total. The maximum atomic E-state index is 12.1. The number of rotatable bonds is 4. The minimum Gasteiger partial charge on any atom is -0.481 e. The largest absolute Gasteiger partial charge is 0.481 e. The number of aromatic nitrogens is 4. The van der Waals surface area contributed by atoms with Crippen molar-refractivity contribution in [3.05, 3.63) is 42.1 Å². The summed E-state index contributed by atoms with van der Waals surface area (Å²) in [5.41, 5.74) is 3.03. The van der Waals surface area contributed by atoms with Crippen LogP contribution in [0.25, 0.3) is 10.9 Å². The summed E-state index contributed by atoms with van der Waals surface area (Å²) in [6.07, 6.45) is 2.79. The molecule has 1 unspecified atom stereocenters. The van der Waals surface area contributed by atoms with E-state index in [0.29, 0.717) is 43.7 Å². The molecule has 1 fully saturated rings. The van der Waals surface area contributed by atoms with E-state index in [9.17, 15) is 4.79 Å². The number of carbonyl (C=O) groups is 1. The maximum Gasteiger partial charge on any atom is 0.321 e. The lowest BCUT2D eigenvalue weighted by Gasteiger charge is -2.41. The number of ether oxygens (including phenoxy) is 3. The van der Waals surface area contributed by atoms with E-state index in [2.05, 4.69) is 31.6 Å². The first-order valence-corrected chi connectivity index (χ1v) is 10.9. The summed E-state index contributed by atoms with van der Waals surface area (Å²) >= 11 is 0. The zero-order valence-electron chi connectivity index (χ0n) is 18.9. The number of H-pyrrole nitrogens is 1. The Kier molecular flexibility index (Phi) is 5.27. The third kappa shape index (κ3) is 3.61. The van der Waals surface area contributed by atoms with Crippen LogP contribution in [0.1, 0.15) is 24.2 Å². The number of nitrogens with zero attached hydrogens (tertiary/aromatic N) is 5. The summed E-state index contributed by atoms with van der Waals surface area (Å²) in [6, 6.07) is 4.24. The van der Waals surface area contributed by atoms with Gasteiger partial charge in [0.25, 0.3) is 5.88 Å². The predicted octanol–water partition coefficient (Wildman–Crippen LogP) is 2.41. The van der Waals surface area contributed by atoms with Crippen molar-refractivity contribution in [1.29, 1.82) is 0 Å². The van der Waals surface area contributed by atoms with Crippen molar-refractivity contribution in [2.24, 2.45) is 0 Å². The Balaban J connectivity index is 1.48. The number of nitrogens with one attached hydrogen (secondary N) is 1. The first-order chi connectivity index (χ1) is 16.0. The first kappa shape index (κ1) is 21.0. The molecule has 2 aliphatic rings. The van der Waals surface area contributed by atoms with Crippen molar-refractivity contribution in [3.63, 3.8) is 0 Å². The fraction of sp³-hybridized carbons (Fsp3) is 0.391. The smallest absolute Gasteiger partial charge is 0.321 e. The third-order valence-corrected chi connectivity index (χ3v) is 6.20. The molecule has 10 nitrogen and oxygen atoms in total. The zero-order valence-corrected chi connectivity index (χ0v) is 18.9. The molecule has 2 aliphatic heterocycles. The highest BCUT2D eigenvalue weighted by Crippen LogP contribution is 2.44. The van der Waals surface area contributed by atoms with E-state index in [-0.39, 0.29) is 24.1 Å². The van der Waals surface area contributed by atoms with Crippen molar-refractivity contribution in [1.82, 2.24) is 25.1 Å². The highest BCUT2D eigenvalue weighted by Gasteiger charge is 2.35. The highest BCUT2D eigenvalue weighted by atomic mass is 16.6. The number of hydrogen-bond donors (Lipinski definition) is 1. The SMILES string of the molecule is C=CC(=O)N1CCN(c2nc(OC)nc3c2OCC(c2c(C)ccc4[nH]ncc24)O3)[C@@H](C)C1. The molecule has 2 aromatic heterocycles. The first-order valence-electron chi connectivity index (χ1n) is 10.9. The van der Waals surface area contributed by atoms with Gasteiger partial charge >= 0.3 is 6.01 Å². The van der Waals surface area contributed by atoms with E-state index in [0.717, 1.165) is 22.0 Å². The van der Waals surface area contributed by atoms with E-state index >= 15 is 0 Å². The Hall–Kier alpha value is -3.82. The molecule has 172 valence electrons. The second kappa shape index (κ2) is 8.27. The Bertz CT molecular complexity index is 1230. The van der Waals surface area contributed by atoms with Gasteiger partial charge in [-0.05, 0) is 31.6 Å². The molecule has 3 aromatic rings. The molecule has 0 radical (unpaired) electrons. The van der Waals surface area contributed by atoms with Gasteiger partial charge in [-0.3, -0.25) is 9.89 Å². The van der Waals surface area contributed by atoms with Crippen LogP contribution in [-0.4, -0.2) is 70.4 Å². The average Bonchev–Trinajstić information content (AvgIpc) is 3.31. The van der Waals surface area contributed by atoms with Gasteiger partial charge in [0.15, 0.2) is 11.9 Å². The molecule has 1 amide bonds. The Morgan fingerprint density at radius 3 is 2.94 bits per heavy atom. The molecule has 1 saturated heterocycles. The van der Waals surface area contributed by atoms with Gasteiger partial charge in [-0.25, -0.2) is 0 Å². The number of benzene rings is 1. The minimum absolute atomic E-state index is 0.00889. The molecule has 0 aliphatic carbocycles. The van der Waals surface area contributed by atoms with E-state index in [4.69, 9.17) is 14.2 Å². The van der Waals surface area contributed by atoms with Crippen LogP contribution in [0, 0.1) is 6.92 Å². The quantitative estimate of drug-likeness (QED) is 0.604. The topological polar surface area (TPSA) is 106 Å². The molecule has 5 rings (SSSR count). The number of amides is 1. The summed E-state index contributed by atoms with van der Waals surface area (Å²) < 4.78 is 18.0. The van der Waals surface area contributed by atoms with Crippen LogP contribution in [0.15, 0.2) is 31.0 Å². The molecular formula is C23H26N6O4. The Morgan fingerprint density at radius 2 is 2.18 bits per heavy atom. The molecule has 0 bridgehead atoms. The molecule has 0 spiro atoms. The second-order valence-corrected chi connectivity index (χ2v) is 8.24. The predicted molar refractivity (Wildman–Crippen MR) is 122 cm³/mol. The van der Waals surface area contributed by atoms with E-state index in [1.54, 1.807) is 11.1 Å². The number of carbonyl (C=O) groups excluding carboxylic acids is 1. The number of fused-ring (bicyclic) bond motifs is 2. The van der Waals surface area contributed by atoms with Crippen LogP contribution >= 0.6 is 0 Å². The number of aryl methyl sites for hydroxylation is 1. The Labute approximate surface area is 191 Å². The molecule has 33 heavy (non-hydrogen) atoms. The van der Waals surface area contributed by atoms with E-state index in [1.165, 1.54) is 13.2 Å². The lowest BCUT2D eigenvalue weighted by Crippen LogP contribution is -2.53. The maximum absolute atomic E-state index is 12.1. The van der Waals surface area contributed by atoms with Gasteiger partial charge in [0.05, 0.1) is 18.8 Å². The number of methoxy groups -OCH3 is 1. The van der Waals surface area contributed by atoms with Gasteiger partial charge in [-0.2, -0.15) is 15.1 Å². The normalized spacial score (nSPS) is 20.1. The van der Waals surface area contributed by atoms with Crippen molar-refractivity contribution in [3.8, 4) is 17.6 Å². The fourth-order valence-electron chi connectivity index (χ4n) is 4.54. The van der Waals surface area contributed by atoms with Gasteiger partial charge in [0, 0.05) is 36.6 Å². The van der Waals surface area contributed by atoms with Crippen molar-refractivity contribution in [2.45, 2.75) is 26.0 Å². The average molecular weight is 450 g/mol. The van der Waals surface area contributed by atoms with Crippen LogP contribution in [0.5, 0.6) is 17.6 Å². The van der Waals surface area contributed by atoms with Crippen LogP contribution in [0.4, 0.5) is 5.82 Å². The summed E-state index contributed by atoms with van der Waals surface area (Å²) in [6.45, 7) is 9.68. The lowest BCUT2D eigenvalue weighted by molar-refractivity contribution is -0.126. The standard InChI is InChI=1S/C23H26N6O4/c1-5-18(30)28-8-9-29(14(3)11-28)21-20-22(26-23(25-21)31-4)33-17(12-32-20)19-13(2)6-7-16-15(19)10-24-27-16/h5-7,10,14,17H,1,8-9,11-12H2,2-4H3,(H,24,27)/t14-,17?/m0/s1. The molecule has 4 heterocycles. The molecule has 0 saturated carbocycles. The van der Waals surface area contributed by atoms with Gasteiger partial charge in [0.1, 0.15) is 6.61 Å². The van der Waals surface area contributed by atoms with Crippen molar-refractivity contribution >= 4 is 22.6 Å². The third-order valence-electron chi connectivity index (χ3n) is 6.20. The summed E-state index contributed by atoms with van der Waals surface area (Å²) in [4.78, 5) is 24.9. The van der Waals surface area contributed by atoms with Crippen LogP contribution in [0.3, 0.4) is 0 Å². The monoisotopic (exact) mass is 450 g/mol. The number of piperazine rings is 1. The molecular weight excluding hydrogens is 424 g/mol. The minimum atomic E-state index is -0.356. The second-order valence-electron chi connectivity index (χ2n) is 8.24. The Morgan fingerprint density at radius 1 is 1.33 bits per heavy atom. The number of anilines is 1. The van der Waals surface area contributed by atoms with Crippen LogP contribution < -0.4 is 19.1 Å². The van der Waals surface area contributed by atoms with Crippen molar-refractivity contribution in [2.75, 3.05) is 38.3 Å². The summed E-state index contributed by atoms with van der Waals surface area (Å²) in [5.74, 6) is 1.35. The van der Waals surface area contributed by atoms with Gasteiger partial charge < -0.3 is 24.0 Å². The van der Waals surface area contributed by atoms with Gasteiger partial charge in [0.2, 0.25) is 11.7 Å². The van der Waals surface area contributed by atoms with Crippen LogP contribution in [0.2, 0.25) is 0 Å². The fourth-order valence-corrected chi connectivity index (χ4v) is 4.54. The zero-order chi connectivity index (χ0) is 23.1. The number of hydrogen-bond acceptors (Lipinski definition) is 8. The van der Waals surface area contributed by atoms with E-state index < -0.39 is 0 Å². The van der Waals surface area contributed by atoms with E-state index in [1.807, 2.05) is 26.0 Å². The van der Waals surface area contributed by atoms with Gasteiger partial charge in [-0.15, -0.1) is 0 Å². The van der Waals surface area contributed by atoms with Gasteiger partial charge in [-0.1, -0.05) is 12.6 Å². The van der Waals surface area contributed by atoms with Crippen LogP contribution in [-0.2, 0) is 4.79 Å². The lowest BCUT2D eigenvalue weighted by atomic mass is 9.99. The number of aromatic amines is 1. The highest BCUT2D eigenvalue weighted by molar-refractivity contribution is 5.87. The molecule has 2 atom stereocenters. The summed E-state index contributed by atoms with van der Waals surface area (Å²) in [7, 11) is 1.52. The molecule has 10 heteroatoms. The van der Waals surface area contributed by atoms with Crippen molar-refractivity contribution < 1.29 is 19.0 Å².